The van der Waals surface area contributed by atoms with E-state index in [1.54, 1.807) is 0 Å². The number of alkyl halides is 4. The lowest BCUT2D eigenvalue weighted by molar-refractivity contribution is -0.156. The van der Waals surface area contributed by atoms with Gasteiger partial charge in [0.25, 0.3) is 0 Å². The smallest absolute Gasteiger partial charge is 0.324 e. The molecule has 2 N–H and O–H groups in total. The molecule has 8 heteroatoms. The van der Waals surface area contributed by atoms with Gasteiger partial charge in [-0.15, -0.1) is 0 Å². The highest BCUT2D eigenvalue weighted by atomic mass is 19.3. The van der Waals surface area contributed by atoms with Crippen molar-refractivity contribution in [3.8, 4) is 0 Å². The maximum absolute atomic E-state index is 12.4. The number of halogens is 4. The number of amides is 1. The van der Waals surface area contributed by atoms with Crippen LogP contribution in [0.3, 0.4) is 0 Å². The fraction of sp³-hybridized carbons (Fsp3) is 0.750. The molecular formula is C8H11F4NO3. The van der Waals surface area contributed by atoms with Crippen LogP contribution >= 0.6 is 0 Å². The van der Waals surface area contributed by atoms with E-state index in [2.05, 4.69) is 0 Å². The van der Waals surface area contributed by atoms with Crippen LogP contribution in [0.5, 0.6) is 0 Å². The van der Waals surface area contributed by atoms with Crippen molar-refractivity contribution in [3.05, 3.63) is 0 Å². The van der Waals surface area contributed by atoms with Crippen molar-refractivity contribution in [1.29, 1.82) is 0 Å². The number of nitrogens with one attached hydrogen (secondary N) is 1. The summed E-state index contributed by atoms with van der Waals surface area (Å²) in [4.78, 5) is 21.6. The van der Waals surface area contributed by atoms with E-state index in [9.17, 15) is 27.2 Å². The Morgan fingerprint density at radius 1 is 1.31 bits per heavy atom. The first-order chi connectivity index (χ1) is 7.01. The predicted molar refractivity (Wildman–Crippen MR) is 45.4 cm³/mol. The van der Waals surface area contributed by atoms with Gasteiger partial charge >= 0.3 is 18.3 Å². The summed E-state index contributed by atoms with van der Waals surface area (Å²) in [6.45, 7) is 0.358. The molecule has 0 aromatic carbocycles. The summed E-state index contributed by atoms with van der Waals surface area (Å²) in [5, 5.41) is 10.0. The van der Waals surface area contributed by atoms with Gasteiger partial charge in [0.2, 0.25) is 5.91 Å². The van der Waals surface area contributed by atoms with Crippen LogP contribution in [0.25, 0.3) is 0 Å². The molecule has 4 nitrogen and oxygen atoms in total. The molecule has 1 amide bonds. The van der Waals surface area contributed by atoms with Crippen LogP contribution in [0.15, 0.2) is 0 Å². The van der Waals surface area contributed by atoms with Crippen LogP contribution < -0.4 is 5.32 Å². The molecule has 0 fully saturated rings. The number of aliphatic carboxylic acids is 1. The summed E-state index contributed by atoms with van der Waals surface area (Å²) < 4.78 is 48.2. The van der Waals surface area contributed by atoms with Crippen molar-refractivity contribution in [2.24, 2.45) is 5.41 Å². The molecule has 0 spiro atoms. The number of carbonyl (C=O) groups is 2. The Balaban J connectivity index is 4.45. The molecule has 0 aromatic rings. The molecule has 0 heterocycles. The first kappa shape index (κ1) is 14.7. The highest BCUT2D eigenvalue weighted by Gasteiger charge is 2.43. The first-order valence-corrected chi connectivity index (χ1v) is 4.19. The van der Waals surface area contributed by atoms with Gasteiger partial charge in [-0.1, -0.05) is 0 Å². The molecule has 0 unspecified atom stereocenters. The molecule has 16 heavy (non-hydrogen) atoms. The Labute approximate surface area is 88.6 Å². The zero-order chi connectivity index (χ0) is 13.1. The molecule has 0 aliphatic carbocycles. The quantitative estimate of drug-likeness (QED) is 0.563. The van der Waals surface area contributed by atoms with Crippen LogP contribution in [0, 0.1) is 5.41 Å². The Morgan fingerprint density at radius 3 is 2.06 bits per heavy atom. The second-order valence-corrected chi connectivity index (χ2v) is 3.67. The monoisotopic (exact) mass is 245 g/mol. The number of hydrogen-bond donors (Lipinski definition) is 2. The molecule has 0 saturated heterocycles. The highest BCUT2D eigenvalue weighted by molar-refractivity contribution is 6.00. The minimum atomic E-state index is -4.37. The summed E-state index contributed by atoms with van der Waals surface area (Å²) in [6.07, 6.45) is -3.92. The van der Waals surface area contributed by atoms with E-state index < -0.39 is 36.2 Å². The van der Waals surface area contributed by atoms with Gasteiger partial charge < -0.3 is 10.4 Å². The van der Waals surface area contributed by atoms with Crippen molar-refractivity contribution >= 4 is 11.9 Å². The van der Waals surface area contributed by atoms with Crippen molar-refractivity contribution in [1.82, 2.24) is 5.32 Å². The minimum absolute atomic E-state index is 0.977. The third-order valence-corrected chi connectivity index (χ3v) is 1.91. The van der Waals surface area contributed by atoms with Crippen molar-refractivity contribution in [2.75, 3.05) is 6.54 Å². The first-order valence-electron chi connectivity index (χ1n) is 4.19. The maximum atomic E-state index is 12.4. The van der Waals surface area contributed by atoms with Gasteiger partial charge in [-0.05, 0) is 13.8 Å². The molecule has 0 bridgehead atoms. The second kappa shape index (κ2) is 4.67. The molecule has 0 aliphatic heterocycles. The predicted octanol–water partition coefficient (Wildman–Crippen LogP) is 1.11. The second-order valence-electron chi connectivity index (χ2n) is 3.67. The van der Waals surface area contributed by atoms with E-state index in [0.29, 0.717) is 0 Å². The molecule has 0 saturated carbocycles. The van der Waals surface area contributed by atoms with E-state index >= 15 is 0 Å². The lowest BCUT2D eigenvalue weighted by Crippen LogP contribution is -2.48. The van der Waals surface area contributed by atoms with Crippen molar-refractivity contribution < 1.29 is 32.3 Å². The number of rotatable bonds is 5. The Hall–Kier alpha value is -1.34. The van der Waals surface area contributed by atoms with E-state index in [4.69, 9.17) is 5.11 Å². The molecule has 0 aromatic heterocycles. The van der Waals surface area contributed by atoms with Crippen LogP contribution in [-0.2, 0) is 9.59 Å². The summed E-state index contributed by atoms with van der Waals surface area (Å²) in [7, 11) is 0. The van der Waals surface area contributed by atoms with Gasteiger partial charge in [-0.3, -0.25) is 9.59 Å². The SMILES string of the molecule is CC(C)(C(=O)O)C(=O)NCC(F)(F)C(F)F. The minimum Gasteiger partial charge on any atom is -0.480 e. The summed E-state index contributed by atoms with van der Waals surface area (Å²) in [5.41, 5.74) is -1.95. The molecule has 0 rings (SSSR count). The Morgan fingerprint density at radius 2 is 1.75 bits per heavy atom. The molecule has 94 valence electrons. The van der Waals surface area contributed by atoms with Gasteiger partial charge in [0.05, 0.1) is 6.54 Å². The van der Waals surface area contributed by atoms with Crippen LogP contribution in [-0.4, -0.2) is 35.9 Å². The molecule has 0 radical (unpaired) electrons. The van der Waals surface area contributed by atoms with E-state index in [1.807, 2.05) is 0 Å². The normalized spacial score (nSPS) is 12.7. The zero-order valence-electron chi connectivity index (χ0n) is 8.56. The lowest BCUT2D eigenvalue weighted by Gasteiger charge is -2.21. The zero-order valence-corrected chi connectivity index (χ0v) is 8.56. The van der Waals surface area contributed by atoms with Crippen molar-refractivity contribution in [2.45, 2.75) is 26.2 Å². The molecular weight excluding hydrogens is 234 g/mol. The highest BCUT2D eigenvalue weighted by Crippen LogP contribution is 2.22. The number of carboxylic acids is 1. The van der Waals surface area contributed by atoms with Gasteiger partial charge in [-0.2, -0.15) is 8.78 Å². The summed E-state index contributed by atoms with van der Waals surface area (Å²) in [5.74, 6) is -7.16. The largest absolute Gasteiger partial charge is 0.480 e. The number of hydrogen-bond acceptors (Lipinski definition) is 2. The molecule has 0 aliphatic rings. The van der Waals surface area contributed by atoms with E-state index in [1.165, 1.54) is 5.32 Å². The van der Waals surface area contributed by atoms with E-state index in [0.717, 1.165) is 13.8 Å². The average Bonchev–Trinajstić information content (AvgIpc) is 2.13. The fourth-order valence-corrected chi connectivity index (χ4v) is 0.593. The number of carbonyl (C=O) groups excluding carboxylic acids is 1. The topological polar surface area (TPSA) is 66.4 Å². The third kappa shape index (κ3) is 3.35. The summed E-state index contributed by atoms with van der Waals surface area (Å²) in [6, 6.07) is 0. The van der Waals surface area contributed by atoms with Gasteiger partial charge in [0.1, 0.15) is 5.41 Å². The maximum Gasteiger partial charge on any atom is 0.324 e. The van der Waals surface area contributed by atoms with Crippen LogP contribution in [0.2, 0.25) is 0 Å². The fourth-order valence-electron chi connectivity index (χ4n) is 0.593. The number of carboxylic acid groups (broad SMARTS) is 1. The van der Waals surface area contributed by atoms with Gasteiger partial charge in [0, 0.05) is 0 Å². The summed E-state index contributed by atoms with van der Waals surface area (Å²) >= 11 is 0. The average molecular weight is 245 g/mol. The van der Waals surface area contributed by atoms with Crippen LogP contribution in [0.4, 0.5) is 17.6 Å². The van der Waals surface area contributed by atoms with Gasteiger partial charge in [-0.25, -0.2) is 8.78 Å². The lowest BCUT2D eigenvalue weighted by atomic mass is 9.92. The third-order valence-electron chi connectivity index (χ3n) is 1.91. The van der Waals surface area contributed by atoms with Crippen LogP contribution in [0.1, 0.15) is 13.8 Å². The van der Waals surface area contributed by atoms with Crippen molar-refractivity contribution in [3.63, 3.8) is 0 Å². The van der Waals surface area contributed by atoms with Gasteiger partial charge in [0.15, 0.2) is 0 Å². The standard InChI is InChI=1S/C8H11F4NO3/c1-7(2,6(15)16)5(14)13-3-8(11,12)4(9)10/h4H,3H2,1-2H3,(H,13,14)(H,15,16). The Bertz CT molecular complexity index is 291. The van der Waals surface area contributed by atoms with E-state index in [-0.39, 0.29) is 0 Å². The molecule has 0 atom stereocenters. The Kier molecular flexibility index (Phi) is 4.28.